The van der Waals surface area contributed by atoms with Gasteiger partial charge in [-0.1, -0.05) is 0 Å². The van der Waals surface area contributed by atoms with Crippen LogP contribution in [-0.2, 0) is 6.18 Å². The number of aromatic nitrogens is 2. The Balaban J connectivity index is 2.44. The topological polar surface area (TPSA) is 43.8 Å². The number of hydrogen-bond donors (Lipinski definition) is 1. The highest BCUT2D eigenvalue weighted by Crippen LogP contribution is 2.28. The van der Waals surface area contributed by atoms with Crippen LogP contribution in [0.1, 0.15) is 5.69 Å². The fourth-order valence-electron chi connectivity index (χ4n) is 1.32. The predicted molar refractivity (Wildman–Crippen MR) is 52.9 cm³/mol. The molecule has 90 valence electrons. The van der Waals surface area contributed by atoms with Gasteiger partial charge in [-0.15, -0.1) is 0 Å². The van der Waals surface area contributed by atoms with Crippen molar-refractivity contribution in [1.29, 1.82) is 0 Å². The van der Waals surface area contributed by atoms with Crippen molar-refractivity contribution in [2.45, 2.75) is 6.18 Å². The molecule has 1 aromatic heterocycles. The fourth-order valence-corrected chi connectivity index (χ4v) is 1.32. The van der Waals surface area contributed by atoms with Crippen molar-refractivity contribution in [3.8, 4) is 5.69 Å². The van der Waals surface area contributed by atoms with E-state index in [1.54, 1.807) is 0 Å². The average Bonchev–Trinajstić information content (AvgIpc) is 2.65. The standard InChI is InChI=1S/C10H7F4N3/c11-7-5-6(15)1-2-8(7)17-4-3-9(16-17)10(12,13)14/h1-5H,15H2. The van der Waals surface area contributed by atoms with Crippen molar-refractivity contribution in [3.05, 3.63) is 42.0 Å². The first-order valence-electron chi connectivity index (χ1n) is 4.56. The molecule has 3 nitrogen and oxygen atoms in total. The number of rotatable bonds is 1. The molecule has 0 radical (unpaired) electrons. The zero-order chi connectivity index (χ0) is 12.6. The van der Waals surface area contributed by atoms with Gasteiger partial charge in [-0.3, -0.25) is 0 Å². The van der Waals surface area contributed by atoms with E-state index in [0.717, 1.165) is 23.0 Å². The van der Waals surface area contributed by atoms with E-state index in [1.165, 1.54) is 12.1 Å². The van der Waals surface area contributed by atoms with Crippen molar-refractivity contribution >= 4 is 5.69 Å². The summed E-state index contributed by atoms with van der Waals surface area (Å²) in [6.45, 7) is 0. The Morgan fingerprint density at radius 3 is 2.41 bits per heavy atom. The minimum atomic E-state index is -4.55. The van der Waals surface area contributed by atoms with Gasteiger partial charge in [-0.2, -0.15) is 18.3 Å². The first-order valence-corrected chi connectivity index (χ1v) is 4.56. The largest absolute Gasteiger partial charge is 0.435 e. The van der Waals surface area contributed by atoms with Crippen molar-refractivity contribution in [3.63, 3.8) is 0 Å². The molecule has 0 atom stereocenters. The number of halogens is 4. The molecule has 0 fully saturated rings. The van der Waals surface area contributed by atoms with Crippen LogP contribution >= 0.6 is 0 Å². The monoisotopic (exact) mass is 245 g/mol. The normalized spacial score (nSPS) is 11.8. The molecular weight excluding hydrogens is 238 g/mol. The van der Waals surface area contributed by atoms with Gasteiger partial charge in [-0.05, 0) is 24.3 Å². The molecular formula is C10H7F4N3. The summed E-state index contributed by atoms with van der Waals surface area (Å²) in [5, 5.41) is 3.25. The minimum absolute atomic E-state index is 0.0882. The molecule has 0 aliphatic heterocycles. The summed E-state index contributed by atoms with van der Waals surface area (Å²) < 4.78 is 51.1. The Morgan fingerprint density at radius 1 is 1.18 bits per heavy atom. The summed E-state index contributed by atoms with van der Waals surface area (Å²) in [7, 11) is 0. The van der Waals surface area contributed by atoms with Gasteiger partial charge < -0.3 is 5.73 Å². The first-order chi connectivity index (χ1) is 7.88. The fraction of sp³-hybridized carbons (Fsp3) is 0.100. The van der Waals surface area contributed by atoms with Crippen molar-refractivity contribution < 1.29 is 17.6 Å². The molecule has 0 spiro atoms. The average molecular weight is 245 g/mol. The van der Waals surface area contributed by atoms with Crippen LogP contribution in [0.3, 0.4) is 0 Å². The van der Waals surface area contributed by atoms with Crippen LogP contribution in [-0.4, -0.2) is 9.78 Å². The number of anilines is 1. The zero-order valence-electron chi connectivity index (χ0n) is 8.37. The number of nitrogens with zero attached hydrogens (tertiary/aromatic N) is 2. The highest BCUT2D eigenvalue weighted by molar-refractivity contribution is 5.46. The Hall–Kier alpha value is -2.05. The second-order valence-electron chi connectivity index (χ2n) is 3.35. The van der Waals surface area contributed by atoms with Gasteiger partial charge >= 0.3 is 6.18 Å². The summed E-state index contributed by atoms with van der Waals surface area (Å²) >= 11 is 0. The van der Waals surface area contributed by atoms with Gasteiger partial charge in [0.1, 0.15) is 5.69 Å². The molecule has 2 aromatic rings. The van der Waals surface area contributed by atoms with E-state index >= 15 is 0 Å². The second kappa shape index (κ2) is 3.76. The molecule has 0 saturated heterocycles. The first kappa shape index (κ1) is 11.4. The highest BCUT2D eigenvalue weighted by atomic mass is 19.4. The van der Waals surface area contributed by atoms with E-state index in [2.05, 4.69) is 5.10 Å². The number of hydrogen-bond acceptors (Lipinski definition) is 2. The van der Waals surface area contributed by atoms with Gasteiger partial charge in [0.25, 0.3) is 0 Å². The third-order valence-electron chi connectivity index (χ3n) is 2.10. The number of nitrogens with two attached hydrogens (primary N) is 1. The smallest absolute Gasteiger partial charge is 0.399 e. The lowest BCUT2D eigenvalue weighted by Crippen LogP contribution is -2.08. The van der Waals surface area contributed by atoms with Crippen LogP contribution in [0.2, 0.25) is 0 Å². The summed E-state index contributed by atoms with van der Waals surface area (Å²) in [4.78, 5) is 0. The third kappa shape index (κ3) is 2.22. The number of benzene rings is 1. The van der Waals surface area contributed by atoms with E-state index in [1.807, 2.05) is 0 Å². The molecule has 2 rings (SSSR count). The molecule has 0 saturated carbocycles. The third-order valence-corrected chi connectivity index (χ3v) is 2.10. The predicted octanol–water partition coefficient (Wildman–Crippen LogP) is 2.61. The summed E-state index contributed by atoms with van der Waals surface area (Å²) in [6.07, 6.45) is -3.51. The van der Waals surface area contributed by atoms with Gasteiger partial charge in [0.15, 0.2) is 11.5 Å². The lowest BCUT2D eigenvalue weighted by atomic mass is 10.3. The molecule has 2 N–H and O–H groups in total. The maximum absolute atomic E-state index is 13.4. The van der Waals surface area contributed by atoms with Crippen LogP contribution in [0.5, 0.6) is 0 Å². The molecule has 0 bridgehead atoms. The van der Waals surface area contributed by atoms with E-state index in [4.69, 9.17) is 5.73 Å². The highest BCUT2D eigenvalue weighted by Gasteiger charge is 2.33. The van der Waals surface area contributed by atoms with Crippen molar-refractivity contribution in [2.75, 3.05) is 5.73 Å². The van der Waals surface area contributed by atoms with Crippen molar-refractivity contribution in [1.82, 2.24) is 9.78 Å². The molecule has 7 heteroatoms. The lowest BCUT2D eigenvalue weighted by molar-refractivity contribution is -0.141. The van der Waals surface area contributed by atoms with Gasteiger partial charge in [0, 0.05) is 11.9 Å². The molecule has 0 aliphatic carbocycles. The second-order valence-corrected chi connectivity index (χ2v) is 3.35. The van der Waals surface area contributed by atoms with Crippen LogP contribution in [0, 0.1) is 5.82 Å². The number of nitrogen functional groups attached to an aromatic ring is 1. The van der Waals surface area contributed by atoms with Crippen LogP contribution in [0.15, 0.2) is 30.5 Å². The minimum Gasteiger partial charge on any atom is -0.399 e. The maximum atomic E-state index is 13.4. The zero-order valence-corrected chi connectivity index (χ0v) is 8.37. The Morgan fingerprint density at radius 2 is 1.88 bits per heavy atom. The van der Waals surface area contributed by atoms with E-state index in [0.29, 0.717) is 0 Å². The molecule has 0 aliphatic rings. The molecule has 17 heavy (non-hydrogen) atoms. The van der Waals surface area contributed by atoms with Crippen LogP contribution in [0.25, 0.3) is 5.69 Å². The van der Waals surface area contributed by atoms with Crippen LogP contribution < -0.4 is 5.73 Å². The summed E-state index contributed by atoms with van der Waals surface area (Å²) in [6, 6.07) is 4.44. The Kier molecular flexibility index (Phi) is 2.53. The Bertz CT molecular complexity index is 545. The number of alkyl halides is 3. The van der Waals surface area contributed by atoms with Crippen LogP contribution in [0.4, 0.5) is 23.2 Å². The lowest BCUT2D eigenvalue weighted by Gasteiger charge is -2.04. The Labute approximate surface area is 93.5 Å². The summed E-state index contributed by atoms with van der Waals surface area (Å²) in [5.74, 6) is -0.734. The van der Waals surface area contributed by atoms with E-state index in [9.17, 15) is 17.6 Å². The SMILES string of the molecule is Nc1ccc(-n2ccc(C(F)(F)F)n2)c(F)c1. The quantitative estimate of drug-likeness (QED) is 0.620. The molecule has 1 aromatic carbocycles. The molecule has 1 heterocycles. The summed E-state index contributed by atoms with van der Waals surface area (Å²) in [5.41, 5.74) is 4.36. The van der Waals surface area contributed by atoms with Gasteiger partial charge in [0.2, 0.25) is 0 Å². The van der Waals surface area contributed by atoms with E-state index < -0.39 is 17.7 Å². The molecule has 0 unspecified atom stereocenters. The molecule has 0 amide bonds. The van der Waals surface area contributed by atoms with Gasteiger partial charge in [0.05, 0.1) is 0 Å². The van der Waals surface area contributed by atoms with Gasteiger partial charge in [-0.25, -0.2) is 9.07 Å². The maximum Gasteiger partial charge on any atom is 0.435 e. The van der Waals surface area contributed by atoms with E-state index in [-0.39, 0.29) is 11.4 Å². The van der Waals surface area contributed by atoms with Crippen molar-refractivity contribution in [2.24, 2.45) is 0 Å².